The first-order valence-electron chi connectivity index (χ1n) is 15.3. The highest BCUT2D eigenvalue weighted by Crippen LogP contribution is 2.37. The van der Waals surface area contributed by atoms with Crippen molar-refractivity contribution < 1.29 is 19.0 Å². The minimum absolute atomic E-state index is 0.0473. The topological polar surface area (TPSA) is 134 Å². The molecule has 1 saturated heterocycles. The molecule has 11 nitrogen and oxygen atoms in total. The van der Waals surface area contributed by atoms with E-state index >= 15 is 0 Å². The number of carbonyl (C=O) groups excluding carboxylic acids is 1. The van der Waals surface area contributed by atoms with Crippen LogP contribution < -0.4 is 10.2 Å². The summed E-state index contributed by atoms with van der Waals surface area (Å²) in [4.78, 5) is 24.4. The summed E-state index contributed by atoms with van der Waals surface area (Å²) < 4.78 is 24.1. The van der Waals surface area contributed by atoms with Crippen molar-refractivity contribution >= 4 is 28.5 Å². The Morgan fingerprint density at radius 1 is 1.17 bits per heavy atom. The molecule has 2 aromatic carbocycles. The van der Waals surface area contributed by atoms with Crippen molar-refractivity contribution in [3.05, 3.63) is 66.4 Å². The van der Waals surface area contributed by atoms with Crippen LogP contribution in [0, 0.1) is 17.1 Å². The molecule has 3 aromatic heterocycles. The van der Waals surface area contributed by atoms with Crippen LogP contribution in [-0.2, 0) is 11.3 Å². The van der Waals surface area contributed by atoms with E-state index in [1.807, 2.05) is 55.6 Å². The van der Waals surface area contributed by atoms with Crippen molar-refractivity contribution in [2.75, 3.05) is 18.0 Å². The molecule has 0 aliphatic carbocycles. The molecule has 4 heterocycles. The average molecular weight is 625 g/mol. The van der Waals surface area contributed by atoms with Gasteiger partial charge in [-0.3, -0.25) is 9.08 Å². The average Bonchev–Trinajstić information content (AvgIpc) is 3.56. The molecular formula is C34H37FN8O3. The number of anilines is 1. The van der Waals surface area contributed by atoms with Crippen molar-refractivity contribution in [3.63, 3.8) is 0 Å². The third-order valence-corrected chi connectivity index (χ3v) is 7.78. The number of carbonyl (C=O) groups is 1. The fourth-order valence-electron chi connectivity index (χ4n) is 5.91. The van der Waals surface area contributed by atoms with Crippen LogP contribution in [0.2, 0.25) is 0 Å². The second-order valence-electron chi connectivity index (χ2n) is 13.4. The maximum Gasteiger partial charge on any atom is 0.407 e. The molecule has 0 unspecified atom stereocenters. The van der Waals surface area contributed by atoms with Crippen LogP contribution in [0.5, 0.6) is 0 Å². The number of fused-ring (bicyclic) bond motifs is 2. The molecular weight excluding hydrogens is 587 g/mol. The lowest BCUT2D eigenvalue weighted by Crippen LogP contribution is -2.49. The molecule has 0 spiro atoms. The van der Waals surface area contributed by atoms with Gasteiger partial charge in [-0.25, -0.2) is 19.2 Å². The van der Waals surface area contributed by atoms with Crippen molar-refractivity contribution in [2.45, 2.75) is 71.2 Å². The zero-order chi connectivity index (χ0) is 32.8. The Bertz CT molecular complexity index is 1980. The second kappa shape index (κ2) is 11.7. The van der Waals surface area contributed by atoms with Gasteiger partial charge in [0.15, 0.2) is 11.5 Å². The molecule has 1 fully saturated rings. The van der Waals surface area contributed by atoms with Gasteiger partial charge in [0.2, 0.25) is 0 Å². The van der Waals surface area contributed by atoms with Crippen LogP contribution in [0.3, 0.4) is 0 Å². The SMILES string of the molecule is CC(C)(O)Cn1ncc2cc(-c3c(-c4ccc(C#N)c(F)c4)nc4c(N5CCC[C@@H](NC(=O)OC(C)(C)C)C5)nccn34)ccc21. The number of amides is 1. The first-order chi connectivity index (χ1) is 21.8. The van der Waals surface area contributed by atoms with E-state index in [9.17, 15) is 19.6 Å². The van der Waals surface area contributed by atoms with Crippen molar-refractivity contribution in [2.24, 2.45) is 0 Å². The van der Waals surface area contributed by atoms with Gasteiger partial charge >= 0.3 is 6.09 Å². The van der Waals surface area contributed by atoms with Gasteiger partial charge in [0, 0.05) is 48.0 Å². The lowest BCUT2D eigenvalue weighted by molar-refractivity contribution is 0.0499. The smallest absolute Gasteiger partial charge is 0.407 e. The van der Waals surface area contributed by atoms with E-state index in [1.165, 1.54) is 12.1 Å². The normalized spacial score (nSPS) is 15.7. The van der Waals surface area contributed by atoms with Crippen molar-refractivity contribution in [1.29, 1.82) is 5.26 Å². The first kappa shape index (κ1) is 31.0. The molecule has 46 heavy (non-hydrogen) atoms. The van der Waals surface area contributed by atoms with Gasteiger partial charge in [0.05, 0.1) is 40.8 Å². The number of ether oxygens (including phenoxy) is 1. The Kier molecular flexibility index (Phi) is 7.90. The van der Waals surface area contributed by atoms with Gasteiger partial charge < -0.3 is 20.1 Å². The number of hydrogen-bond donors (Lipinski definition) is 2. The van der Waals surface area contributed by atoms with E-state index in [2.05, 4.69) is 15.3 Å². The fourth-order valence-corrected chi connectivity index (χ4v) is 5.91. The number of rotatable bonds is 6. The van der Waals surface area contributed by atoms with E-state index in [0.717, 1.165) is 35.0 Å². The number of alkyl carbamates (subject to hydrolysis) is 1. The molecule has 0 radical (unpaired) electrons. The Morgan fingerprint density at radius 2 is 1.96 bits per heavy atom. The summed E-state index contributed by atoms with van der Waals surface area (Å²) in [5.74, 6) is 0.00988. The monoisotopic (exact) mass is 624 g/mol. The molecule has 238 valence electrons. The van der Waals surface area contributed by atoms with Gasteiger partial charge in [-0.15, -0.1) is 0 Å². The van der Waals surface area contributed by atoms with Crippen LogP contribution in [0.25, 0.3) is 39.1 Å². The van der Waals surface area contributed by atoms with E-state index < -0.39 is 23.1 Å². The molecule has 1 amide bonds. The van der Waals surface area contributed by atoms with Crippen LogP contribution in [-0.4, -0.2) is 65.7 Å². The van der Waals surface area contributed by atoms with Crippen LogP contribution in [0.1, 0.15) is 53.0 Å². The number of aliphatic hydroxyl groups is 1. The third-order valence-electron chi connectivity index (χ3n) is 7.78. The van der Waals surface area contributed by atoms with E-state index in [0.29, 0.717) is 42.4 Å². The summed E-state index contributed by atoms with van der Waals surface area (Å²) >= 11 is 0. The zero-order valence-corrected chi connectivity index (χ0v) is 26.6. The summed E-state index contributed by atoms with van der Waals surface area (Å²) in [6, 6.07) is 12.1. The van der Waals surface area contributed by atoms with Gasteiger partial charge in [-0.2, -0.15) is 10.4 Å². The molecule has 1 atom stereocenters. The Balaban J connectivity index is 1.44. The highest BCUT2D eigenvalue weighted by Gasteiger charge is 2.28. The lowest BCUT2D eigenvalue weighted by atomic mass is 10.0. The summed E-state index contributed by atoms with van der Waals surface area (Å²) in [5.41, 5.74) is 2.44. The van der Waals surface area contributed by atoms with Crippen molar-refractivity contribution in [3.8, 4) is 28.6 Å². The van der Waals surface area contributed by atoms with E-state index in [1.54, 1.807) is 37.0 Å². The molecule has 2 N–H and O–H groups in total. The lowest BCUT2D eigenvalue weighted by Gasteiger charge is -2.34. The van der Waals surface area contributed by atoms with Gasteiger partial charge in [-0.05, 0) is 71.7 Å². The van der Waals surface area contributed by atoms with Gasteiger partial charge in [-0.1, -0.05) is 12.1 Å². The number of benzene rings is 2. The number of imidazole rings is 1. The summed E-state index contributed by atoms with van der Waals surface area (Å²) in [5, 5.41) is 28.1. The Hall–Kier alpha value is -5.02. The molecule has 0 bridgehead atoms. The number of hydrogen-bond acceptors (Lipinski definition) is 8. The minimum atomic E-state index is -0.939. The zero-order valence-electron chi connectivity index (χ0n) is 26.6. The minimum Gasteiger partial charge on any atom is -0.444 e. The number of nitriles is 1. The van der Waals surface area contributed by atoms with Crippen LogP contribution >= 0.6 is 0 Å². The third kappa shape index (κ3) is 6.37. The van der Waals surface area contributed by atoms with Crippen molar-refractivity contribution in [1.82, 2.24) is 29.5 Å². The van der Waals surface area contributed by atoms with E-state index in [-0.39, 0.29) is 11.6 Å². The Labute approximate surface area is 266 Å². The summed E-state index contributed by atoms with van der Waals surface area (Å²) in [6.45, 7) is 10.5. The second-order valence-corrected chi connectivity index (χ2v) is 13.4. The molecule has 12 heteroatoms. The van der Waals surface area contributed by atoms with Crippen LogP contribution in [0.15, 0.2) is 55.0 Å². The predicted octanol–water partition coefficient (Wildman–Crippen LogP) is 5.69. The molecule has 6 rings (SSSR count). The molecule has 1 aliphatic heterocycles. The van der Waals surface area contributed by atoms with Gasteiger partial charge in [0.25, 0.3) is 0 Å². The standard InChI is InChI=1S/C34H37FN8O3/c1-33(2,3)46-32(44)39-25-7-6-13-41(19-25)30-31-40-28(21-8-9-23(17-36)26(35)16-21)29(42(31)14-12-37-30)22-10-11-27-24(15-22)18-38-43(27)20-34(4,5)45/h8-12,14-16,18,25,45H,6-7,13,19-20H2,1-5H3,(H,39,44)/t25-/m1/s1. The van der Waals surface area contributed by atoms with Crippen LogP contribution in [0.4, 0.5) is 15.0 Å². The molecule has 5 aromatic rings. The highest BCUT2D eigenvalue weighted by molar-refractivity contribution is 5.90. The number of aromatic nitrogens is 5. The quantitative estimate of drug-likeness (QED) is 0.246. The number of piperidine rings is 1. The first-order valence-corrected chi connectivity index (χ1v) is 15.3. The predicted molar refractivity (Wildman–Crippen MR) is 173 cm³/mol. The number of nitrogens with zero attached hydrogens (tertiary/aromatic N) is 7. The summed E-state index contributed by atoms with van der Waals surface area (Å²) in [7, 11) is 0. The number of nitrogens with one attached hydrogen (secondary N) is 1. The maximum absolute atomic E-state index is 14.9. The fraction of sp³-hybridized carbons (Fsp3) is 0.382. The Morgan fingerprint density at radius 3 is 2.67 bits per heavy atom. The largest absolute Gasteiger partial charge is 0.444 e. The highest BCUT2D eigenvalue weighted by atomic mass is 19.1. The van der Waals surface area contributed by atoms with Gasteiger partial charge in [0.1, 0.15) is 17.5 Å². The summed E-state index contributed by atoms with van der Waals surface area (Å²) in [6.07, 6.45) is 6.47. The molecule has 1 aliphatic rings. The number of halogens is 1. The van der Waals surface area contributed by atoms with E-state index in [4.69, 9.17) is 14.7 Å². The molecule has 0 saturated carbocycles. The maximum atomic E-state index is 14.9.